The lowest BCUT2D eigenvalue weighted by atomic mass is 9.82. The summed E-state index contributed by atoms with van der Waals surface area (Å²) in [6.45, 7) is 9.41. The number of methoxy groups -OCH3 is 1. The Morgan fingerprint density at radius 3 is 2.42 bits per heavy atom. The SMILES string of the molecule is CCCNC(=O)/C(C#N)=C/c1ccc(OC(=O)CCCOc2ccc(C(C)(C)CC)cc2)c(OC)c1. The summed E-state index contributed by atoms with van der Waals surface area (Å²) in [5.41, 5.74) is 1.95. The summed E-state index contributed by atoms with van der Waals surface area (Å²) < 4.78 is 16.6. The van der Waals surface area contributed by atoms with Crippen molar-refractivity contribution in [3.63, 3.8) is 0 Å². The zero-order valence-corrected chi connectivity index (χ0v) is 21.8. The number of esters is 1. The molecule has 0 unspecified atom stereocenters. The van der Waals surface area contributed by atoms with Crippen molar-refractivity contribution in [2.45, 2.75) is 58.8 Å². The van der Waals surface area contributed by atoms with E-state index in [1.807, 2.05) is 25.1 Å². The van der Waals surface area contributed by atoms with Crippen LogP contribution in [0.25, 0.3) is 6.08 Å². The van der Waals surface area contributed by atoms with Crippen LogP contribution < -0.4 is 19.5 Å². The van der Waals surface area contributed by atoms with Gasteiger partial charge in [-0.2, -0.15) is 5.26 Å². The molecule has 192 valence electrons. The van der Waals surface area contributed by atoms with Crippen LogP contribution in [-0.4, -0.2) is 32.1 Å². The highest BCUT2D eigenvalue weighted by molar-refractivity contribution is 6.01. The van der Waals surface area contributed by atoms with Crippen LogP contribution in [0.1, 0.15) is 64.5 Å². The molecule has 0 fully saturated rings. The van der Waals surface area contributed by atoms with Gasteiger partial charge in [-0.3, -0.25) is 9.59 Å². The Balaban J connectivity index is 1.90. The van der Waals surface area contributed by atoms with Gasteiger partial charge in [0, 0.05) is 13.0 Å². The Morgan fingerprint density at radius 1 is 1.08 bits per heavy atom. The maximum atomic E-state index is 12.3. The smallest absolute Gasteiger partial charge is 0.311 e. The Bertz CT molecular complexity index is 1100. The van der Waals surface area contributed by atoms with Gasteiger partial charge >= 0.3 is 5.97 Å². The second-order valence-electron chi connectivity index (χ2n) is 9.02. The van der Waals surface area contributed by atoms with E-state index in [2.05, 4.69) is 38.2 Å². The fourth-order valence-corrected chi connectivity index (χ4v) is 3.29. The van der Waals surface area contributed by atoms with Gasteiger partial charge in [-0.15, -0.1) is 0 Å². The van der Waals surface area contributed by atoms with Gasteiger partial charge in [-0.05, 0) is 66.1 Å². The second-order valence-corrected chi connectivity index (χ2v) is 9.02. The quantitative estimate of drug-likeness (QED) is 0.129. The maximum Gasteiger partial charge on any atom is 0.311 e. The molecule has 0 saturated carbocycles. The van der Waals surface area contributed by atoms with E-state index in [4.69, 9.17) is 14.2 Å². The number of carbonyl (C=O) groups is 2. The predicted molar refractivity (Wildman–Crippen MR) is 140 cm³/mol. The molecule has 0 saturated heterocycles. The topological polar surface area (TPSA) is 97.7 Å². The molecule has 0 aromatic heterocycles. The lowest BCUT2D eigenvalue weighted by Crippen LogP contribution is -2.25. The highest BCUT2D eigenvalue weighted by atomic mass is 16.6. The van der Waals surface area contributed by atoms with E-state index < -0.39 is 11.9 Å². The van der Waals surface area contributed by atoms with E-state index in [0.717, 1.165) is 18.6 Å². The van der Waals surface area contributed by atoms with Crippen molar-refractivity contribution in [2.24, 2.45) is 0 Å². The molecule has 0 aliphatic heterocycles. The lowest BCUT2D eigenvalue weighted by Gasteiger charge is -2.23. The third kappa shape index (κ3) is 8.46. The van der Waals surface area contributed by atoms with E-state index in [1.54, 1.807) is 18.2 Å². The fourth-order valence-electron chi connectivity index (χ4n) is 3.29. The molecule has 0 spiro atoms. The Kier molecular flexibility index (Phi) is 11.0. The second kappa shape index (κ2) is 13.9. The van der Waals surface area contributed by atoms with E-state index in [1.165, 1.54) is 18.7 Å². The van der Waals surface area contributed by atoms with Crippen molar-refractivity contribution in [3.05, 3.63) is 59.2 Å². The van der Waals surface area contributed by atoms with Crippen molar-refractivity contribution in [1.29, 1.82) is 5.26 Å². The van der Waals surface area contributed by atoms with Gasteiger partial charge in [0.2, 0.25) is 0 Å². The van der Waals surface area contributed by atoms with Gasteiger partial charge in [0.1, 0.15) is 17.4 Å². The molecule has 2 aromatic rings. The number of benzene rings is 2. The average molecular weight is 493 g/mol. The molecule has 1 amide bonds. The highest BCUT2D eigenvalue weighted by Crippen LogP contribution is 2.30. The molecule has 0 aliphatic carbocycles. The van der Waals surface area contributed by atoms with Crippen LogP contribution in [0, 0.1) is 11.3 Å². The zero-order valence-electron chi connectivity index (χ0n) is 21.8. The number of nitriles is 1. The Hall–Kier alpha value is -3.79. The number of ether oxygens (including phenoxy) is 3. The van der Waals surface area contributed by atoms with Crippen LogP contribution in [0.2, 0.25) is 0 Å². The molecule has 1 N–H and O–H groups in total. The third-order valence-electron chi connectivity index (χ3n) is 5.94. The van der Waals surface area contributed by atoms with Crippen LogP contribution in [0.3, 0.4) is 0 Å². The van der Waals surface area contributed by atoms with Crippen LogP contribution in [0.15, 0.2) is 48.0 Å². The lowest BCUT2D eigenvalue weighted by molar-refractivity contribution is -0.134. The molecule has 0 radical (unpaired) electrons. The predicted octanol–water partition coefficient (Wildman–Crippen LogP) is 5.58. The number of hydrogen-bond donors (Lipinski definition) is 1. The molecule has 36 heavy (non-hydrogen) atoms. The minimum Gasteiger partial charge on any atom is -0.494 e. The number of nitrogens with zero attached hydrogens (tertiary/aromatic N) is 1. The van der Waals surface area contributed by atoms with Crippen molar-refractivity contribution in [2.75, 3.05) is 20.3 Å². The molecule has 0 atom stereocenters. The first-order chi connectivity index (χ1) is 17.2. The molecule has 0 bridgehead atoms. The maximum absolute atomic E-state index is 12.3. The van der Waals surface area contributed by atoms with Crippen LogP contribution in [0.5, 0.6) is 17.2 Å². The van der Waals surface area contributed by atoms with E-state index in [9.17, 15) is 14.9 Å². The molecule has 7 nitrogen and oxygen atoms in total. The van der Waals surface area contributed by atoms with Crippen LogP contribution in [-0.2, 0) is 15.0 Å². The first-order valence-corrected chi connectivity index (χ1v) is 12.3. The van der Waals surface area contributed by atoms with Crippen LogP contribution >= 0.6 is 0 Å². The summed E-state index contributed by atoms with van der Waals surface area (Å²) in [5.74, 6) is 0.524. The van der Waals surface area contributed by atoms with Crippen molar-refractivity contribution in [3.8, 4) is 23.3 Å². The van der Waals surface area contributed by atoms with Gasteiger partial charge in [-0.25, -0.2) is 0 Å². The number of carbonyl (C=O) groups excluding carboxylic acids is 2. The van der Waals surface area contributed by atoms with Crippen molar-refractivity contribution in [1.82, 2.24) is 5.32 Å². The fraction of sp³-hybridized carbons (Fsp3) is 0.414. The normalized spacial score (nSPS) is 11.4. The minimum absolute atomic E-state index is 0.0148. The minimum atomic E-state index is -0.434. The van der Waals surface area contributed by atoms with E-state index >= 15 is 0 Å². The van der Waals surface area contributed by atoms with Gasteiger partial charge in [-0.1, -0.05) is 45.9 Å². The number of rotatable bonds is 13. The third-order valence-corrected chi connectivity index (χ3v) is 5.94. The number of nitrogens with one attached hydrogen (secondary N) is 1. The highest BCUT2D eigenvalue weighted by Gasteiger charge is 2.17. The monoisotopic (exact) mass is 492 g/mol. The summed E-state index contributed by atoms with van der Waals surface area (Å²) in [6, 6.07) is 14.8. The number of hydrogen-bond acceptors (Lipinski definition) is 6. The van der Waals surface area contributed by atoms with Crippen molar-refractivity contribution < 1.29 is 23.8 Å². The van der Waals surface area contributed by atoms with Gasteiger partial charge in [0.25, 0.3) is 5.91 Å². The summed E-state index contributed by atoms with van der Waals surface area (Å²) in [5, 5.41) is 12.0. The summed E-state index contributed by atoms with van der Waals surface area (Å²) in [6.07, 6.45) is 3.97. The Morgan fingerprint density at radius 2 is 1.81 bits per heavy atom. The first kappa shape index (κ1) is 28.4. The van der Waals surface area contributed by atoms with E-state index in [0.29, 0.717) is 30.9 Å². The average Bonchev–Trinajstić information content (AvgIpc) is 2.89. The molecule has 7 heteroatoms. The largest absolute Gasteiger partial charge is 0.494 e. The molecule has 0 heterocycles. The molecule has 2 aromatic carbocycles. The number of amides is 1. The van der Waals surface area contributed by atoms with Gasteiger partial charge in [0.05, 0.1) is 13.7 Å². The Labute approximate surface area is 214 Å². The van der Waals surface area contributed by atoms with Crippen molar-refractivity contribution >= 4 is 18.0 Å². The summed E-state index contributed by atoms with van der Waals surface area (Å²) >= 11 is 0. The molecular weight excluding hydrogens is 456 g/mol. The van der Waals surface area contributed by atoms with Gasteiger partial charge in [0.15, 0.2) is 11.5 Å². The summed E-state index contributed by atoms with van der Waals surface area (Å²) in [7, 11) is 1.46. The van der Waals surface area contributed by atoms with E-state index in [-0.39, 0.29) is 23.2 Å². The summed E-state index contributed by atoms with van der Waals surface area (Å²) in [4.78, 5) is 24.4. The molecular formula is C29H36N2O5. The van der Waals surface area contributed by atoms with Gasteiger partial charge < -0.3 is 19.5 Å². The van der Waals surface area contributed by atoms with Crippen LogP contribution in [0.4, 0.5) is 0 Å². The zero-order chi connectivity index (χ0) is 26.6. The standard InChI is InChI=1S/C29H36N2O5/c1-6-16-31-28(33)22(20-30)18-21-10-15-25(26(19-21)34-5)36-27(32)9-8-17-35-24-13-11-23(12-14-24)29(3,4)7-2/h10-15,18-19H,6-9,16-17H2,1-5H3,(H,31,33)/b22-18+. The molecule has 2 rings (SSSR count). The first-order valence-electron chi connectivity index (χ1n) is 12.3. The molecule has 0 aliphatic rings.